The standard InChI is InChI=1S/C12H17NO/c1-8(14-2)7-9-3-4-11-10(9)5-6-12(11)13/h3-4,9,12H,1,5-7,13H2,2H3/t9?,12-/m0/s1. The van der Waals surface area contributed by atoms with Crippen LogP contribution in [0.3, 0.4) is 0 Å². The highest BCUT2D eigenvalue weighted by Gasteiger charge is 2.29. The van der Waals surface area contributed by atoms with Crippen LogP contribution in [0.5, 0.6) is 0 Å². The van der Waals surface area contributed by atoms with Crippen LogP contribution in [0, 0.1) is 5.92 Å². The lowest BCUT2D eigenvalue weighted by Gasteiger charge is -2.12. The molecule has 0 aromatic rings. The molecule has 2 atom stereocenters. The number of allylic oxidation sites excluding steroid dienone is 3. The molecule has 2 aliphatic rings. The van der Waals surface area contributed by atoms with E-state index >= 15 is 0 Å². The molecule has 2 aliphatic carbocycles. The van der Waals surface area contributed by atoms with Gasteiger partial charge in [-0.2, -0.15) is 0 Å². The number of hydrogen-bond donors (Lipinski definition) is 1. The zero-order valence-electron chi connectivity index (χ0n) is 8.62. The van der Waals surface area contributed by atoms with E-state index < -0.39 is 0 Å². The van der Waals surface area contributed by atoms with Crippen molar-refractivity contribution in [1.29, 1.82) is 0 Å². The van der Waals surface area contributed by atoms with Gasteiger partial charge in [0.2, 0.25) is 0 Å². The fraction of sp³-hybridized carbons (Fsp3) is 0.500. The molecule has 2 heteroatoms. The highest BCUT2D eigenvalue weighted by Crippen LogP contribution is 2.39. The van der Waals surface area contributed by atoms with E-state index in [-0.39, 0.29) is 6.04 Å². The minimum Gasteiger partial charge on any atom is -0.502 e. The maximum atomic E-state index is 5.98. The summed E-state index contributed by atoms with van der Waals surface area (Å²) in [4.78, 5) is 0. The van der Waals surface area contributed by atoms with Crippen molar-refractivity contribution in [3.05, 3.63) is 35.6 Å². The molecule has 0 saturated heterocycles. The molecule has 0 radical (unpaired) electrons. The van der Waals surface area contributed by atoms with Gasteiger partial charge in [-0.25, -0.2) is 0 Å². The van der Waals surface area contributed by atoms with Crippen LogP contribution in [0.15, 0.2) is 35.6 Å². The Morgan fingerprint density at radius 3 is 3.21 bits per heavy atom. The maximum Gasteiger partial charge on any atom is 0.0893 e. The van der Waals surface area contributed by atoms with Crippen LogP contribution < -0.4 is 5.73 Å². The lowest BCUT2D eigenvalue weighted by atomic mass is 9.96. The second-order valence-electron chi connectivity index (χ2n) is 4.04. The van der Waals surface area contributed by atoms with Gasteiger partial charge in [-0.05, 0) is 18.4 Å². The molecule has 0 aliphatic heterocycles. The SMILES string of the molecule is C=C(CC1C=CC2=C1CC[C@@H]2N)OC. The number of rotatable bonds is 3. The monoisotopic (exact) mass is 191 g/mol. The molecule has 2 rings (SSSR count). The van der Waals surface area contributed by atoms with E-state index in [1.54, 1.807) is 7.11 Å². The topological polar surface area (TPSA) is 35.2 Å². The maximum absolute atomic E-state index is 5.98. The van der Waals surface area contributed by atoms with Gasteiger partial charge in [-0.15, -0.1) is 0 Å². The molecule has 0 bridgehead atoms. The fourth-order valence-electron chi connectivity index (χ4n) is 2.33. The predicted molar refractivity (Wildman–Crippen MR) is 57.6 cm³/mol. The Labute approximate surface area is 85.1 Å². The molecule has 2 N–H and O–H groups in total. The number of methoxy groups -OCH3 is 1. The smallest absolute Gasteiger partial charge is 0.0893 e. The van der Waals surface area contributed by atoms with E-state index in [0.29, 0.717) is 5.92 Å². The number of nitrogens with two attached hydrogens (primary N) is 1. The molecule has 14 heavy (non-hydrogen) atoms. The van der Waals surface area contributed by atoms with Crippen LogP contribution in [0.2, 0.25) is 0 Å². The Morgan fingerprint density at radius 1 is 1.71 bits per heavy atom. The summed E-state index contributed by atoms with van der Waals surface area (Å²) < 4.78 is 5.11. The molecule has 0 fully saturated rings. The van der Waals surface area contributed by atoms with E-state index in [4.69, 9.17) is 10.5 Å². The Kier molecular flexibility index (Phi) is 2.46. The summed E-state index contributed by atoms with van der Waals surface area (Å²) in [7, 11) is 1.68. The van der Waals surface area contributed by atoms with Crippen molar-refractivity contribution in [3.8, 4) is 0 Å². The highest BCUT2D eigenvalue weighted by atomic mass is 16.5. The molecule has 0 aromatic heterocycles. The summed E-state index contributed by atoms with van der Waals surface area (Å²) in [5.74, 6) is 1.35. The molecule has 0 amide bonds. The Hall–Kier alpha value is -1.02. The quantitative estimate of drug-likeness (QED) is 0.694. The van der Waals surface area contributed by atoms with Crippen LogP contribution in [0.1, 0.15) is 19.3 Å². The van der Waals surface area contributed by atoms with Crippen LogP contribution in [0.25, 0.3) is 0 Å². The number of ether oxygens (including phenoxy) is 1. The van der Waals surface area contributed by atoms with Gasteiger partial charge >= 0.3 is 0 Å². The number of hydrogen-bond acceptors (Lipinski definition) is 2. The summed E-state index contributed by atoms with van der Waals surface area (Å²) in [5, 5.41) is 0. The first kappa shape index (κ1) is 9.53. The van der Waals surface area contributed by atoms with E-state index in [9.17, 15) is 0 Å². The molecular formula is C12H17NO. The largest absolute Gasteiger partial charge is 0.502 e. The third-order valence-corrected chi connectivity index (χ3v) is 3.19. The van der Waals surface area contributed by atoms with E-state index in [1.807, 2.05) is 0 Å². The second-order valence-corrected chi connectivity index (χ2v) is 4.04. The average molecular weight is 191 g/mol. The lowest BCUT2D eigenvalue weighted by molar-refractivity contribution is 0.272. The summed E-state index contributed by atoms with van der Waals surface area (Å²) in [5.41, 5.74) is 8.85. The first-order valence-corrected chi connectivity index (χ1v) is 5.11. The molecule has 0 heterocycles. The Bertz CT molecular complexity index is 314. The van der Waals surface area contributed by atoms with Crippen molar-refractivity contribution in [1.82, 2.24) is 0 Å². The van der Waals surface area contributed by atoms with Gasteiger partial charge in [0.25, 0.3) is 0 Å². The van der Waals surface area contributed by atoms with Gasteiger partial charge in [-0.3, -0.25) is 0 Å². The summed E-state index contributed by atoms with van der Waals surface area (Å²) in [6.07, 6.45) is 7.56. The van der Waals surface area contributed by atoms with E-state index in [0.717, 1.165) is 25.0 Å². The third-order valence-electron chi connectivity index (χ3n) is 3.19. The fourth-order valence-corrected chi connectivity index (χ4v) is 2.33. The average Bonchev–Trinajstić information content (AvgIpc) is 2.72. The van der Waals surface area contributed by atoms with E-state index in [1.165, 1.54) is 11.1 Å². The van der Waals surface area contributed by atoms with Crippen LogP contribution in [-0.2, 0) is 4.74 Å². The molecular weight excluding hydrogens is 174 g/mol. The first-order chi connectivity index (χ1) is 6.72. The highest BCUT2D eigenvalue weighted by molar-refractivity contribution is 5.43. The molecule has 1 unspecified atom stereocenters. The summed E-state index contributed by atoms with van der Waals surface area (Å²) in [6, 6.07) is 0.266. The minimum atomic E-state index is 0.266. The van der Waals surface area contributed by atoms with Crippen LogP contribution in [-0.4, -0.2) is 13.2 Å². The minimum absolute atomic E-state index is 0.266. The van der Waals surface area contributed by atoms with Crippen LogP contribution in [0.4, 0.5) is 0 Å². The normalized spacial score (nSPS) is 29.6. The van der Waals surface area contributed by atoms with Crippen LogP contribution >= 0.6 is 0 Å². The van der Waals surface area contributed by atoms with Gasteiger partial charge in [0.05, 0.1) is 12.9 Å². The van der Waals surface area contributed by atoms with Gasteiger partial charge < -0.3 is 10.5 Å². The third kappa shape index (κ3) is 1.50. The summed E-state index contributed by atoms with van der Waals surface area (Å²) >= 11 is 0. The van der Waals surface area contributed by atoms with Crippen molar-refractivity contribution in [2.75, 3.05) is 7.11 Å². The lowest BCUT2D eigenvalue weighted by Crippen LogP contribution is -2.17. The van der Waals surface area contributed by atoms with Crippen molar-refractivity contribution < 1.29 is 4.74 Å². The van der Waals surface area contributed by atoms with E-state index in [2.05, 4.69) is 18.7 Å². The molecule has 76 valence electrons. The molecule has 0 aromatic carbocycles. The zero-order chi connectivity index (χ0) is 10.1. The molecule has 2 nitrogen and oxygen atoms in total. The second kappa shape index (κ2) is 3.62. The predicted octanol–water partition coefficient (Wildman–Crippen LogP) is 2.14. The van der Waals surface area contributed by atoms with Crippen molar-refractivity contribution in [2.45, 2.75) is 25.3 Å². The van der Waals surface area contributed by atoms with Gasteiger partial charge in [-0.1, -0.05) is 24.3 Å². The van der Waals surface area contributed by atoms with Crippen molar-refractivity contribution in [3.63, 3.8) is 0 Å². The van der Waals surface area contributed by atoms with Gasteiger partial charge in [0, 0.05) is 18.4 Å². The molecule has 0 spiro atoms. The first-order valence-electron chi connectivity index (χ1n) is 5.11. The van der Waals surface area contributed by atoms with Crippen molar-refractivity contribution in [2.24, 2.45) is 11.7 Å². The Balaban J connectivity index is 2.07. The van der Waals surface area contributed by atoms with Crippen molar-refractivity contribution >= 4 is 0 Å². The van der Waals surface area contributed by atoms with Gasteiger partial charge in [0.1, 0.15) is 0 Å². The molecule has 0 saturated carbocycles. The zero-order valence-corrected chi connectivity index (χ0v) is 8.62. The Morgan fingerprint density at radius 2 is 2.50 bits per heavy atom. The summed E-state index contributed by atoms with van der Waals surface area (Å²) in [6.45, 7) is 3.86. The van der Waals surface area contributed by atoms with Gasteiger partial charge in [0.15, 0.2) is 0 Å².